The molecular formula is C68H47NS. The normalized spacial score (nSPS) is 13.8. The van der Waals surface area contributed by atoms with Crippen LogP contribution in [0.2, 0.25) is 0 Å². The number of thiophene rings is 1. The maximum Gasteiger partial charge on any atom is 0.0713 e. The maximum absolute atomic E-state index is 2.51. The number of nitrogens with zero attached hydrogens (tertiary/aromatic N) is 1. The van der Waals surface area contributed by atoms with E-state index in [1.165, 1.54) is 115 Å². The minimum Gasteiger partial charge on any atom is -0.310 e. The number of hydrogen-bond acceptors (Lipinski definition) is 2. The molecule has 11 aromatic carbocycles. The van der Waals surface area contributed by atoms with Crippen LogP contribution in [0.5, 0.6) is 0 Å². The highest BCUT2D eigenvalue weighted by atomic mass is 32.1. The molecule has 2 aliphatic rings. The van der Waals surface area contributed by atoms with E-state index < -0.39 is 5.41 Å². The molecule has 330 valence electrons. The van der Waals surface area contributed by atoms with Gasteiger partial charge in [-0.15, -0.1) is 11.3 Å². The monoisotopic (exact) mass is 909 g/mol. The van der Waals surface area contributed by atoms with Crippen molar-refractivity contribution in [3.63, 3.8) is 0 Å². The van der Waals surface area contributed by atoms with Crippen LogP contribution in [0.4, 0.5) is 17.1 Å². The average molecular weight is 910 g/mol. The molecule has 2 aliphatic carbocycles. The summed E-state index contributed by atoms with van der Waals surface area (Å²) in [7, 11) is 0. The SMILES string of the molecule is CC1(C)c2ccccc2-c2cccc(N(c3ccc(-c4ccc5c(c4)C(c4ccccc4)(c4ccccc4)c4ccccc4-5)cc3)c3cccc(-c4cccc5c4sc4c6ccccc6ccc54)c3)c21. The van der Waals surface area contributed by atoms with Crippen LogP contribution in [0.15, 0.2) is 249 Å². The highest BCUT2D eigenvalue weighted by Crippen LogP contribution is 2.58. The Morgan fingerprint density at radius 3 is 1.71 bits per heavy atom. The van der Waals surface area contributed by atoms with Crippen LogP contribution in [0.25, 0.3) is 75.5 Å². The second-order valence-corrected chi connectivity index (χ2v) is 20.6. The lowest BCUT2D eigenvalue weighted by atomic mass is 9.67. The van der Waals surface area contributed by atoms with Crippen LogP contribution in [0.1, 0.15) is 47.2 Å². The van der Waals surface area contributed by atoms with Crippen LogP contribution in [-0.2, 0) is 10.8 Å². The lowest BCUT2D eigenvalue weighted by molar-refractivity contribution is 0.661. The molecule has 1 nitrogen and oxygen atoms in total. The van der Waals surface area contributed by atoms with Gasteiger partial charge >= 0.3 is 0 Å². The van der Waals surface area contributed by atoms with Crippen LogP contribution in [0.3, 0.4) is 0 Å². The van der Waals surface area contributed by atoms with E-state index in [1.807, 2.05) is 11.3 Å². The van der Waals surface area contributed by atoms with Gasteiger partial charge in [-0.25, -0.2) is 0 Å². The second-order valence-electron chi connectivity index (χ2n) is 19.5. The Balaban J connectivity index is 0.932. The summed E-state index contributed by atoms with van der Waals surface area (Å²) >= 11 is 1.92. The van der Waals surface area contributed by atoms with Crippen molar-refractivity contribution in [3.05, 3.63) is 282 Å². The van der Waals surface area contributed by atoms with E-state index in [4.69, 9.17) is 0 Å². The predicted molar refractivity (Wildman–Crippen MR) is 297 cm³/mol. The van der Waals surface area contributed by atoms with E-state index in [0.717, 1.165) is 11.4 Å². The van der Waals surface area contributed by atoms with Gasteiger partial charge in [0.15, 0.2) is 0 Å². The van der Waals surface area contributed by atoms with Gasteiger partial charge in [0.1, 0.15) is 0 Å². The molecule has 1 aromatic heterocycles. The van der Waals surface area contributed by atoms with Crippen LogP contribution in [-0.4, -0.2) is 0 Å². The van der Waals surface area contributed by atoms with Gasteiger partial charge in [0.25, 0.3) is 0 Å². The molecule has 14 rings (SSSR count). The van der Waals surface area contributed by atoms with Gasteiger partial charge in [-0.05, 0) is 125 Å². The Kier molecular flexibility index (Phi) is 9.09. The highest BCUT2D eigenvalue weighted by Gasteiger charge is 2.46. The van der Waals surface area contributed by atoms with Gasteiger partial charge < -0.3 is 4.90 Å². The maximum atomic E-state index is 2.51. The van der Waals surface area contributed by atoms with Crippen LogP contribution < -0.4 is 4.90 Å². The first-order chi connectivity index (χ1) is 34.5. The molecule has 0 spiro atoms. The molecule has 70 heavy (non-hydrogen) atoms. The Morgan fingerprint density at radius 2 is 0.929 bits per heavy atom. The minimum atomic E-state index is -0.460. The summed E-state index contributed by atoms with van der Waals surface area (Å²) in [5.74, 6) is 0. The largest absolute Gasteiger partial charge is 0.310 e. The van der Waals surface area contributed by atoms with Crippen molar-refractivity contribution in [2.24, 2.45) is 0 Å². The van der Waals surface area contributed by atoms with Crippen molar-refractivity contribution in [1.29, 1.82) is 0 Å². The van der Waals surface area contributed by atoms with E-state index in [2.05, 4.69) is 267 Å². The van der Waals surface area contributed by atoms with E-state index in [1.54, 1.807) is 0 Å². The minimum absolute atomic E-state index is 0.213. The fraction of sp³-hybridized carbons (Fsp3) is 0.0588. The summed E-state index contributed by atoms with van der Waals surface area (Å²) in [6.07, 6.45) is 0. The topological polar surface area (TPSA) is 3.24 Å². The van der Waals surface area contributed by atoms with Gasteiger partial charge in [0.05, 0.1) is 11.1 Å². The summed E-state index contributed by atoms with van der Waals surface area (Å²) in [6.45, 7) is 4.78. The fourth-order valence-electron chi connectivity index (χ4n) is 12.4. The summed E-state index contributed by atoms with van der Waals surface area (Å²) in [5.41, 5.74) is 20.7. The summed E-state index contributed by atoms with van der Waals surface area (Å²) in [6, 6.07) is 92.9. The van der Waals surface area contributed by atoms with Gasteiger partial charge in [-0.1, -0.05) is 226 Å². The Labute approximate surface area is 413 Å². The number of fused-ring (bicyclic) bond motifs is 11. The molecular weight excluding hydrogens is 863 g/mol. The molecule has 0 saturated heterocycles. The Hall–Kier alpha value is -8.30. The van der Waals surface area contributed by atoms with Crippen LogP contribution >= 0.6 is 11.3 Å². The zero-order valence-corrected chi connectivity index (χ0v) is 39.8. The van der Waals surface area contributed by atoms with Crippen molar-refractivity contribution in [1.82, 2.24) is 0 Å². The Morgan fingerprint density at radius 1 is 0.343 bits per heavy atom. The smallest absolute Gasteiger partial charge is 0.0713 e. The number of benzene rings is 11. The molecule has 0 unspecified atom stereocenters. The molecule has 0 amide bonds. The van der Waals surface area contributed by atoms with Crippen molar-refractivity contribution in [2.75, 3.05) is 4.90 Å². The molecule has 0 aliphatic heterocycles. The average Bonchev–Trinajstić information content (AvgIpc) is 4.04. The molecule has 0 fully saturated rings. The third-order valence-corrected chi connectivity index (χ3v) is 16.8. The van der Waals surface area contributed by atoms with Crippen molar-refractivity contribution in [3.8, 4) is 44.5 Å². The molecule has 0 atom stereocenters. The number of anilines is 3. The number of hydrogen-bond donors (Lipinski definition) is 0. The third-order valence-electron chi connectivity index (χ3n) is 15.5. The first-order valence-corrected chi connectivity index (χ1v) is 25.2. The van der Waals surface area contributed by atoms with Gasteiger partial charge in [0.2, 0.25) is 0 Å². The third kappa shape index (κ3) is 5.90. The molecule has 0 radical (unpaired) electrons. The van der Waals surface area contributed by atoms with Gasteiger partial charge in [-0.3, -0.25) is 0 Å². The number of rotatable bonds is 7. The van der Waals surface area contributed by atoms with Crippen molar-refractivity contribution in [2.45, 2.75) is 24.7 Å². The molecule has 0 N–H and O–H groups in total. The summed E-state index contributed by atoms with van der Waals surface area (Å²) in [4.78, 5) is 2.51. The second kappa shape index (κ2) is 15.6. The quantitative estimate of drug-likeness (QED) is 0.154. The van der Waals surface area contributed by atoms with Crippen LogP contribution in [0, 0.1) is 0 Å². The standard InChI is InChI=1S/C68H47NS/c1-67(2)60-31-13-11-27-55(60)57-29-17-33-63(64(57)67)69(51-24-15-19-47(42-51)53-28-16-30-58-59-41-36-45-18-9-10-25-52(45)65(59)70-66(53)58)50-38-34-44(35-39-50)46-37-40-56-54-26-12-14-32-61(54)68(62(56)43-46,48-20-5-3-6-21-48)49-22-7-4-8-23-49/h3-43H,1-2H3. The van der Waals surface area contributed by atoms with Crippen molar-refractivity contribution < 1.29 is 0 Å². The lowest BCUT2D eigenvalue weighted by Gasteiger charge is -2.34. The van der Waals surface area contributed by atoms with Crippen molar-refractivity contribution >= 4 is 59.3 Å². The first kappa shape index (κ1) is 40.7. The fourth-order valence-corrected chi connectivity index (χ4v) is 13.8. The Bertz CT molecular complexity index is 3990. The zero-order valence-electron chi connectivity index (χ0n) is 39.0. The lowest BCUT2D eigenvalue weighted by Crippen LogP contribution is -2.28. The molecule has 0 bridgehead atoms. The predicted octanol–water partition coefficient (Wildman–Crippen LogP) is 18.7. The van der Waals surface area contributed by atoms with Gasteiger partial charge in [-0.2, -0.15) is 0 Å². The molecule has 2 heteroatoms. The van der Waals surface area contributed by atoms with E-state index >= 15 is 0 Å². The first-order valence-electron chi connectivity index (χ1n) is 24.4. The summed E-state index contributed by atoms with van der Waals surface area (Å²) in [5, 5.41) is 5.22. The van der Waals surface area contributed by atoms with E-state index in [-0.39, 0.29) is 5.41 Å². The molecule has 0 saturated carbocycles. The summed E-state index contributed by atoms with van der Waals surface area (Å²) < 4.78 is 2.67. The highest BCUT2D eigenvalue weighted by molar-refractivity contribution is 7.27. The van der Waals surface area contributed by atoms with Gasteiger partial charge in [0, 0.05) is 37.0 Å². The van der Waals surface area contributed by atoms with E-state index in [9.17, 15) is 0 Å². The molecule has 1 heterocycles. The zero-order chi connectivity index (χ0) is 46.6. The van der Waals surface area contributed by atoms with E-state index in [0.29, 0.717) is 0 Å². The molecule has 12 aromatic rings.